The second-order valence-corrected chi connectivity index (χ2v) is 6.92. The van der Waals surface area contributed by atoms with Gasteiger partial charge in [-0.1, -0.05) is 29.3 Å². The summed E-state index contributed by atoms with van der Waals surface area (Å²) < 4.78 is 0. The summed E-state index contributed by atoms with van der Waals surface area (Å²) in [5.41, 5.74) is 0.968. The molecule has 0 amide bonds. The van der Waals surface area contributed by atoms with Crippen LogP contribution in [0, 0.1) is 5.92 Å². The second-order valence-electron chi connectivity index (χ2n) is 6.11. The molecule has 2 saturated heterocycles. The molecule has 2 heterocycles. The van der Waals surface area contributed by atoms with E-state index in [1.807, 2.05) is 12.1 Å². The van der Waals surface area contributed by atoms with Crippen molar-refractivity contribution in [3.8, 4) is 0 Å². The molecule has 0 spiro atoms. The fraction of sp³-hybridized carbons (Fsp3) is 0.562. The van der Waals surface area contributed by atoms with E-state index in [1.54, 1.807) is 6.07 Å². The van der Waals surface area contributed by atoms with Gasteiger partial charge in [0, 0.05) is 24.4 Å². The number of ketones is 1. The first-order valence-electron chi connectivity index (χ1n) is 7.23. The lowest BCUT2D eigenvalue weighted by Crippen LogP contribution is -2.42. The molecule has 20 heavy (non-hydrogen) atoms. The van der Waals surface area contributed by atoms with Gasteiger partial charge >= 0.3 is 0 Å². The average molecular weight is 312 g/mol. The molecule has 2 fully saturated rings. The van der Waals surface area contributed by atoms with Gasteiger partial charge in [-0.15, -0.1) is 0 Å². The Bertz CT molecular complexity index is 517. The zero-order valence-corrected chi connectivity index (χ0v) is 13.1. The third-order valence-electron chi connectivity index (χ3n) is 4.92. The molecule has 2 nitrogen and oxygen atoms in total. The van der Waals surface area contributed by atoms with Crippen LogP contribution in [0.5, 0.6) is 0 Å². The number of halogens is 2. The van der Waals surface area contributed by atoms with Crippen LogP contribution in [0.2, 0.25) is 10.0 Å². The molecule has 1 aromatic rings. The molecule has 0 aliphatic carbocycles. The molecule has 3 rings (SSSR count). The van der Waals surface area contributed by atoms with Gasteiger partial charge in [0.25, 0.3) is 0 Å². The minimum absolute atomic E-state index is 0.221. The predicted octanol–water partition coefficient (Wildman–Crippen LogP) is 3.98. The van der Waals surface area contributed by atoms with Crippen LogP contribution < -0.4 is 0 Å². The monoisotopic (exact) mass is 311 g/mol. The van der Waals surface area contributed by atoms with Gasteiger partial charge < -0.3 is 4.90 Å². The molecule has 0 radical (unpaired) electrons. The molecular formula is C16H19Cl2NO. The van der Waals surface area contributed by atoms with Gasteiger partial charge in [-0.3, -0.25) is 4.79 Å². The Morgan fingerprint density at radius 1 is 1.20 bits per heavy atom. The molecule has 108 valence electrons. The topological polar surface area (TPSA) is 20.3 Å². The lowest BCUT2D eigenvalue weighted by atomic mass is 9.85. The molecule has 2 aliphatic rings. The first-order valence-corrected chi connectivity index (χ1v) is 7.98. The maximum Gasteiger partial charge on any atom is 0.140 e. The van der Waals surface area contributed by atoms with Crippen LogP contribution in [0.4, 0.5) is 0 Å². The molecule has 2 unspecified atom stereocenters. The number of carbonyl (C=O) groups excluding carboxylic acids is 1. The molecule has 2 atom stereocenters. The van der Waals surface area contributed by atoms with Crippen LogP contribution in [0.25, 0.3) is 0 Å². The highest BCUT2D eigenvalue weighted by molar-refractivity contribution is 6.42. The first-order chi connectivity index (χ1) is 9.54. The number of hydrogen-bond donors (Lipinski definition) is 0. The lowest BCUT2D eigenvalue weighted by molar-refractivity contribution is -0.124. The number of benzene rings is 1. The van der Waals surface area contributed by atoms with Gasteiger partial charge in [0.15, 0.2) is 0 Å². The highest BCUT2D eigenvalue weighted by atomic mass is 35.5. The molecule has 4 heteroatoms. The fourth-order valence-electron chi connectivity index (χ4n) is 3.67. The Morgan fingerprint density at radius 2 is 1.85 bits per heavy atom. The zero-order valence-electron chi connectivity index (χ0n) is 11.6. The summed E-state index contributed by atoms with van der Waals surface area (Å²) in [7, 11) is 2.20. The lowest BCUT2D eigenvalue weighted by Gasteiger charge is -2.35. The third kappa shape index (κ3) is 2.74. The van der Waals surface area contributed by atoms with E-state index in [-0.39, 0.29) is 5.92 Å². The zero-order chi connectivity index (χ0) is 14.3. The van der Waals surface area contributed by atoms with Gasteiger partial charge in [0.1, 0.15) is 5.78 Å². The normalized spacial score (nSPS) is 29.6. The number of hydrogen-bond acceptors (Lipinski definition) is 2. The number of Topliss-reactive ketones (excluding diaryl/α,β-unsaturated/α-hetero) is 1. The molecule has 1 aromatic carbocycles. The molecule has 2 bridgehead atoms. The highest BCUT2D eigenvalue weighted by Gasteiger charge is 2.40. The summed E-state index contributed by atoms with van der Waals surface area (Å²) >= 11 is 11.9. The van der Waals surface area contributed by atoms with Crippen molar-refractivity contribution in [1.82, 2.24) is 4.90 Å². The Labute approximate surface area is 130 Å². The van der Waals surface area contributed by atoms with E-state index in [9.17, 15) is 4.79 Å². The van der Waals surface area contributed by atoms with E-state index in [1.165, 1.54) is 12.8 Å². The van der Waals surface area contributed by atoms with Crippen molar-refractivity contribution < 1.29 is 4.79 Å². The van der Waals surface area contributed by atoms with Crippen LogP contribution in [0.1, 0.15) is 31.2 Å². The quantitative estimate of drug-likeness (QED) is 0.841. The van der Waals surface area contributed by atoms with Crippen LogP contribution in [0.15, 0.2) is 18.2 Å². The van der Waals surface area contributed by atoms with E-state index < -0.39 is 0 Å². The summed E-state index contributed by atoms with van der Waals surface area (Å²) in [5, 5.41) is 1.07. The van der Waals surface area contributed by atoms with Crippen LogP contribution >= 0.6 is 23.2 Å². The SMILES string of the molecule is CN1C2CCC1CC(C(=O)Cc1ccc(Cl)c(Cl)c1)C2. The third-order valence-corrected chi connectivity index (χ3v) is 5.65. The smallest absolute Gasteiger partial charge is 0.140 e. The Hall–Kier alpha value is -0.570. The van der Waals surface area contributed by atoms with Crippen molar-refractivity contribution in [3.63, 3.8) is 0 Å². The van der Waals surface area contributed by atoms with Gasteiger partial charge in [-0.05, 0) is 50.4 Å². The Balaban J connectivity index is 1.66. The summed E-state index contributed by atoms with van der Waals surface area (Å²) in [6, 6.07) is 6.69. The van der Waals surface area contributed by atoms with E-state index in [4.69, 9.17) is 23.2 Å². The maximum absolute atomic E-state index is 12.5. The Morgan fingerprint density at radius 3 is 2.45 bits per heavy atom. The number of rotatable bonds is 3. The highest BCUT2D eigenvalue weighted by Crippen LogP contribution is 2.38. The predicted molar refractivity (Wildman–Crippen MR) is 82.5 cm³/mol. The molecule has 2 aliphatic heterocycles. The number of nitrogens with zero attached hydrogens (tertiary/aromatic N) is 1. The second kappa shape index (κ2) is 5.67. The molecule has 0 N–H and O–H groups in total. The molecular weight excluding hydrogens is 293 g/mol. The largest absolute Gasteiger partial charge is 0.300 e. The van der Waals surface area contributed by atoms with Crippen LogP contribution in [0.3, 0.4) is 0 Å². The van der Waals surface area contributed by atoms with E-state index in [0.29, 0.717) is 34.3 Å². The van der Waals surface area contributed by atoms with Crippen molar-refractivity contribution in [2.45, 2.75) is 44.2 Å². The van der Waals surface area contributed by atoms with Crippen LogP contribution in [-0.2, 0) is 11.2 Å². The minimum atomic E-state index is 0.221. The number of piperidine rings is 1. The van der Waals surface area contributed by atoms with Crippen molar-refractivity contribution in [1.29, 1.82) is 0 Å². The first kappa shape index (κ1) is 14.4. The summed E-state index contributed by atoms with van der Waals surface area (Å²) in [5.74, 6) is 0.576. The number of carbonyl (C=O) groups is 1. The Kier molecular flexibility index (Phi) is 4.07. The molecule has 0 aromatic heterocycles. The van der Waals surface area contributed by atoms with E-state index >= 15 is 0 Å². The summed E-state index contributed by atoms with van der Waals surface area (Å²) in [4.78, 5) is 15.0. The van der Waals surface area contributed by atoms with Gasteiger partial charge in [-0.2, -0.15) is 0 Å². The summed E-state index contributed by atoms with van der Waals surface area (Å²) in [6.45, 7) is 0. The number of fused-ring (bicyclic) bond motifs is 2. The van der Waals surface area contributed by atoms with Crippen molar-refractivity contribution in [2.75, 3.05) is 7.05 Å². The van der Waals surface area contributed by atoms with E-state index in [2.05, 4.69) is 11.9 Å². The fourth-order valence-corrected chi connectivity index (χ4v) is 3.99. The maximum atomic E-state index is 12.5. The van der Waals surface area contributed by atoms with Gasteiger partial charge in [-0.25, -0.2) is 0 Å². The minimum Gasteiger partial charge on any atom is -0.300 e. The van der Waals surface area contributed by atoms with Crippen molar-refractivity contribution in [2.24, 2.45) is 5.92 Å². The van der Waals surface area contributed by atoms with Crippen molar-refractivity contribution in [3.05, 3.63) is 33.8 Å². The van der Waals surface area contributed by atoms with E-state index in [0.717, 1.165) is 18.4 Å². The van der Waals surface area contributed by atoms with Crippen LogP contribution in [-0.4, -0.2) is 29.8 Å². The standard InChI is InChI=1S/C16H19Cl2NO/c1-19-12-3-4-13(19)9-11(8-12)16(20)7-10-2-5-14(17)15(18)6-10/h2,5-6,11-13H,3-4,7-9H2,1H3. The van der Waals surface area contributed by atoms with Crippen molar-refractivity contribution >= 4 is 29.0 Å². The molecule has 0 saturated carbocycles. The van der Waals surface area contributed by atoms with Gasteiger partial charge in [0.2, 0.25) is 0 Å². The summed E-state index contributed by atoms with van der Waals surface area (Å²) in [6.07, 6.45) is 5.01. The average Bonchev–Trinajstić information content (AvgIpc) is 2.65. The van der Waals surface area contributed by atoms with Gasteiger partial charge in [0.05, 0.1) is 10.0 Å².